The van der Waals surface area contributed by atoms with Gasteiger partial charge < -0.3 is 5.11 Å². The zero-order chi connectivity index (χ0) is 13.2. The zero-order valence-electron chi connectivity index (χ0n) is 9.17. The molecule has 0 saturated carbocycles. The smallest absolute Gasteiger partial charge is 0.262 e. The Balaban J connectivity index is 2.37. The Kier molecular flexibility index (Phi) is 3.20. The standard InChI is InChI=1S/C12H10FNO3S/c13-9-6-7-12(15)11(8-9)14-18(16,17)10-4-2-1-3-5-10/h1-8,14-15H. The minimum Gasteiger partial charge on any atom is -0.506 e. The number of halogens is 1. The first-order valence-electron chi connectivity index (χ1n) is 5.05. The topological polar surface area (TPSA) is 66.4 Å². The Morgan fingerprint density at radius 2 is 1.72 bits per heavy atom. The second-order valence-corrected chi connectivity index (χ2v) is 5.26. The first kappa shape index (κ1) is 12.4. The van der Waals surface area contributed by atoms with Crippen LogP contribution in [0.15, 0.2) is 53.4 Å². The minimum atomic E-state index is -3.83. The highest BCUT2D eigenvalue weighted by Crippen LogP contribution is 2.26. The van der Waals surface area contributed by atoms with Gasteiger partial charge in [0.05, 0.1) is 10.6 Å². The van der Waals surface area contributed by atoms with Crippen LogP contribution < -0.4 is 4.72 Å². The Morgan fingerprint density at radius 1 is 1.06 bits per heavy atom. The molecule has 0 radical (unpaired) electrons. The first-order chi connectivity index (χ1) is 8.49. The van der Waals surface area contributed by atoms with Gasteiger partial charge in [-0.25, -0.2) is 12.8 Å². The average molecular weight is 267 g/mol. The molecular formula is C12H10FNO3S. The van der Waals surface area contributed by atoms with Gasteiger partial charge in [0.1, 0.15) is 11.6 Å². The molecule has 2 N–H and O–H groups in total. The summed E-state index contributed by atoms with van der Waals surface area (Å²) in [5.74, 6) is -0.977. The number of hydrogen-bond donors (Lipinski definition) is 2. The van der Waals surface area contributed by atoms with Crippen molar-refractivity contribution in [2.45, 2.75) is 4.90 Å². The lowest BCUT2D eigenvalue weighted by Gasteiger charge is -2.09. The molecule has 94 valence electrons. The van der Waals surface area contributed by atoms with Crippen molar-refractivity contribution in [3.8, 4) is 5.75 Å². The summed E-state index contributed by atoms with van der Waals surface area (Å²) in [6.45, 7) is 0. The molecule has 2 rings (SSSR count). The molecule has 0 fully saturated rings. The van der Waals surface area contributed by atoms with E-state index in [4.69, 9.17) is 0 Å². The molecule has 0 unspecified atom stereocenters. The van der Waals surface area contributed by atoms with E-state index in [0.29, 0.717) is 0 Å². The number of hydrogen-bond acceptors (Lipinski definition) is 3. The highest BCUT2D eigenvalue weighted by Gasteiger charge is 2.15. The monoisotopic (exact) mass is 267 g/mol. The molecule has 0 saturated heterocycles. The maximum atomic E-state index is 13.0. The van der Waals surface area contributed by atoms with Gasteiger partial charge in [-0.1, -0.05) is 18.2 Å². The maximum absolute atomic E-state index is 13.0. The first-order valence-corrected chi connectivity index (χ1v) is 6.54. The summed E-state index contributed by atoms with van der Waals surface area (Å²) in [6, 6.07) is 10.7. The third-order valence-electron chi connectivity index (χ3n) is 2.26. The lowest BCUT2D eigenvalue weighted by atomic mass is 10.3. The molecular weight excluding hydrogens is 257 g/mol. The fraction of sp³-hybridized carbons (Fsp3) is 0. The van der Waals surface area contributed by atoms with Gasteiger partial charge in [0.2, 0.25) is 0 Å². The van der Waals surface area contributed by atoms with Crippen molar-refractivity contribution in [3.63, 3.8) is 0 Å². The summed E-state index contributed by atoms with van der Waals surface area (Å²) in [6.07, 6.45) is 0. The Labute approximate surface area is 104 Å². The number of nitrogens with one attached hydrogen (secondary N) is 1. The SMILES string of the molecule is O=S(=O)(Nc1cc(F)ccc1O)c1ccccc1. The van der Waals surface area contributed by atoms with Crippen molar-refractivity contribution in [2.75, 3.05) is 4.72 Å². The number of sulfonamides is 1. The van der Waals surface area contributed by atoms with Crippen LogP contribution in [-0.2, 0) is 10.0 Å². The lowest BCUT2D eigenvalue weighted by Crippen LogP contribution is -2.13. The number of phenolic OH excluding ortho intramolecular Hbond substituents is 1. The van der Waals surface area contributed by atoms with Crippen molar-refractivity contribution < 1.29 is 17.9 Å². The van der Waals surface area contributed by atoms with Crippen molar-refractivity contribution in [3.05, 3.63) is 54.3 Å². The molecule has 0 aliphatic rings. The fourth-order valence-electron chi connectivity index (χ4n) is 1.39. The fourth-order valence-corrected chi connectivity index (χ4v) is 2.48. The molecule has 0 bridgehead atoms. The minimum absolute atomic E-state index is 0.0358. The van der Waals surface area contributed by atoms with Gasteiger partial charge in [-0.15, -0.1) is 0 Å². The van der Waals surface area contributed by atoms with E-state index in [2.05, 4.69) is 4.72 Å². The van der Waals surface area contributed by atoms with Crippen LogP contribution in [0, 0.1) is 5.82 Å². The van der Waals surface area contributed by atoms with Gasteiger partial charge in [0, 0.05) is 6.07 Å². The predicted octanol–water partition coefficient (Wildman–Crippen LogP) is 2.33. The van der Waals surface area contributed by atoms with Crippen molar-refractivity contribution in [2.24, 2.45) is 0 Å². The number of benzene rings is 2. The molecule has 0 aromatic heterocycles. The molecule has 0 atom stereocenters. The summed E-state index contributed by atoms with van der Waals surface area (Å²) in [5, 5.41) is 9.45. The molecule has 2 aromatic carbocycles. The summed E-state index contributed by atoms with van der Waals surface area (Å²) in [7, 11) is -3.83. The van der Waals surface area contributed by atoms with E-state index in [9.17, 15) is 17.9 Å². The van der Waals surface area contributed by atoms with Crippen LogP contribution in [0.1, 0.15) is 0 Å². The second-order valence-electron chi connectivity index (χ2n) is 3.58. The van der Waals surface area contributed by atoms with E-state index in [1.54, 1.807) is 18.2 Å². The van der Waals surface area contributed by atoms with E-state index in [-0.39, 0.29) is 16.3 Å². The number of rotatable bonds is 3. The molecule has 18 heavy (non-hydrogen) atoms. The molecule has 0 amide bonds. The maximum Gasteiger partial charge on any atom is 0.262 e. The summed E-state index contributed by atoms with van der Waals surface area (Å²) in [5.41, 5.74) is -0.196. The third kappa shape index (κ3) is 2.60. The molecule has 6 heteroatoms. The van der Waals surface area contributed by atoms with Crippen LogP contribution in [0.25, 0.3) is 0 Å². The molecule has 2 aromatic rings. The average Bonchev–Trinajstić information content (AvgIpc) is 2.35. The third-order valence-corrected chi connectivity index (χ3v) is 3.64. The highest BCUT2D eigenvalue weighted by atomic mass is 32.2. The molecule has 0 aliphatic heterocycles. The van der Waals surface area contributed by atoms with Crippen LogP contribution in [-0.4, -0.2) is 13.5 Å². The Bertz CT molecular complexity index is 656. The van der Waals surface area contributed by atoms with Gasteiger partial charge in [0.25, 0.3) is 10.0 Å². The largest absolute Gasteiger partial charge is 0.506 e. The van der Waals surface area contributed by atoms with Gasteiger partial charge in [0.15, 0.2) is 0 Å². The lowest BCUT2D eigenvalue weighted by molar-refractivity contribution is 0.475. The number of phenols is 1. The van der Waals surface area contributed by atoms with Crippen LogP contribution in [0.5, 0.6) is 5.75 Å². The van der Waals surface area contributed by atoms with E-state index < -0.39 is 15.8 Å². The van der Waals surface area contributed by atoms with Crippen LogP contribution in [0.3, 0.4) is 0 Å². The van der Waals surface area contributed by atoms with Crippen LogP contribution in [0.4, 0.5) is 10.1 Å². The van der Waals surface area contributed by atoms with Crippen LogP contribution in [0.2, 0.25) is 0 Å². The molecule has 0 aliphatic carbocycles. The zero-order valence-corrected chi connectivity index (χ0v) is 9.99. The normalized spacial score (nSPS) is 11.2. The summed E-state index contributed by atoms with van der Waals surface area (Å²) in [4.78, 5) is 0.0358. The summed E-state index contributed by atoms with van der Waals surface area (Å²) < 4.78 is 38.9. The van der Waals surface area contributed by atoms with Crippen LogP contribution >= 0.6 is 0 Å². The Hall–Kier alpha value is -2.08. The summed E-state index contributed by atoms with van der Waals surface area (Å²) >= 11 is 0. The van der Waals surface area contributed by atoms with Gasteiger partial charge in [-0.05, 0) is 24.3 Å². The van der Waals surface area contributed by atoms with E-state index in [1.165, 1.54) is 12.1 Å². The highest BCUT2D eigenvalue weighted by molar-refractivity contribution is 7.92. The second kappa shape index (κ2) is 4.66. The Morgan fingerprint density at radius 3 is 2.39 bits per heavy atom. The van der Waals surface area contributed by atoms with Gasteiger partial charge in [-0.3, -0.25) is 4.72 Å². The molecule has 0 heterocycles. The van der Waals surface area contributed by atoms with E-state index in [1.807, 2.05) is 0 Å². The van der Waals surface area contributed by atoms with E-state index in [0.717, 1.165) is 18.2 Å². The van der Waals surface area contributed by atoms with Gasteiger partial charge >= 0.3 is 0 Å². The molecule has 0 spiro atoms. The predicted molar refractivity (Wildman–Crippen MR) is 65.3 cm³/mol. The number of anilines is 1. The van der Waals surface area contributed by atoms with Gasteiger partial charge in [-0.2, -0.15) is 0 Å². The van der Waals surface area contributed by atoms with Crippen molar-refractivity contribution >= 4 is 15.7 Å². The number of aromatic hydroxyl groups is 1. The quantitative estimate of drug-likeness (QED) is 0.839. The van der Waals surface area contributed by atoms with Crippen molar-refractivity contribution in [1.82, 2.24) is 0 Å². The van der Waals surface area contributed by atoms with Crippen molar-refractivity contribution in [1.29, 1.82) is 0 Å². The van der Waals surface area contributed by atoms with E-state index >= 15 is 0 Å². The molecule has 4 nitrogen and oxygen atoms in total.